The monoisotopic (exact) mass is 238 g/mol. The van der Waals surface area contributed by atoms with Gasteiger partial charge in [-0.05, 0) is 18.9 Å². The molecule has 0 aromatic carbocycles. The van der Waals surface area contributed by atoms with Crippen LogP contribution < -0.4 is 9.88 Å². The summed E-state index contributed by atoms with van der Waals surface area (Å²) in [5.41, 5.74) is 0.0890. The van der Waals surface area contributed by atoms with E-state index in [1.807, 2.05) is 4.90 Å². The van der Waals surface area contributed by atoms with E-state index in [-0.39, 0.29) is 23.1 Å². The van der Waals surface area contributed by atoms with Crippen molar-refractivity contribution in [1.82, 2.24) is 0 Å². The maximum Gasteiger partial charge on any atom is 0.357 e. The minimum atomic E-state index is -0.381. The third-order valence-electron chi connectivity index (χ3n) is 3.10. The number of aromatic amines is 1. The van der Waals surface area contributed by atoms with Crippen molar-refractivity contribution in [2.75, 3.05) is 24.6 Å². The summed E-state index contributed by atoms with van der Waals surface area (Å²) in [4.78, 5) is 15.4. The largest absolute Gasteiger partial charge is 0.396 e. The van der Waals surface area contributed by atoms with Gasteiger partial charge in [0, 0.05) is 18.6 Å². The number of aromatic nitrogens is 1. The third-order valence-corrected chi connectivity index (χ3v) is 3.10. The quantitative estimate of drug-likeness (QED) is 0.618. The van der Waals surface area contributed by atoms with Gasteiger partial charge in [-0.3, -0.25) is 15.0 Å². The van der Waals surface area contributed by atoms with Crippen molar-refractivity contribution in [2.24, 2.45) is 5.92 Å². The normalized spacial score (nSPS) is 20.3. The van der Waals surface area contributed by atoms with Crippen LogP contribution in [-0.4, -0.2) is 29.7 Å². The van der Waals surface area contributed by atoms with E-state index in [9.17, 15) is 10.1 Å². The van der Waals surface area contributed by atoms with E-state index in [0.29, 0.717) is 12.4 Å². The number of H-pyrrole nitrogens is 1. The summed E-state index contributed by atoms with van der Waals surface area (Å²) in [6.07, 6.45) is 3.61. The van der Waals surface area contributed by atoms with Crippen molar-refractivity contribution in [1.29, 1.82) is 0 Å². The summed E-state index contributed by atoms with van der Waals surface area (Å²) in [5, 5.41) is 20.1. The first kappa shape index (κ1) is 11.8. The van der Waals surface area contributed by atoms with Crippen LogP contribution in [0.15, 0.2) is 18.3 Å². The highest BCUT2D eigenvalue weighted by Gasteiger charge is 2.31. The molecule has 0 amide bonds. The molecule has 1 aliphatic rings. The van der Waals surface area contributed by atoms with Gasteiger partial charge in [0.25, 0.3) is 0 Å². The predicted octanol–water partition coefficient (Wildman–Crippen LogP) is 0.618. The number of aliphatic hydroxyl groups excluding tert-OH is 1. The molecule has 0 aliphatic carbocycles. The molecular weight excluding hydrogens is 222 g/mol. The average Bonchev–Trinajstić information content (AvgIpc) is 2.39. The highest BCUT2D eigenvalue weighted by molar-refractivity contribution is 5.53. The fourth-order valence-corrected chi connectivity index (χ4v) is 2.24. The van der Waals surface area contributed by atoms with Gasteiger partial charge in [0.05, 0.1) is 24.2 Å². The van der Waals surface area contributed by atoms with Crippen LogP contribution in [0.25, 0.3) is 0 Å². The van der Waals surface area contributed by atoms with E-state index in [1.54, 1.807) is 12.3 Å². The number of nitrogens with zero attached hydrogens (tertiary/aromatic N) is 2. The van der Waals surface area contributed by atoms with E-state index < -0.39 is 0 Å². The molecule has 1 atom stereocenters. The van der Waals surface area contributed by atoms with Crippen LogP contribution in [0.3, 0.4) is 0 Å². The Labute approximate surface area is 99.0 Å². The third kappa shape index (κ3) is 2.52. The maximum atomic E-state index is 10.9. The molecule has 6 heteroatoms. The summed E-state index contributed by atoms with van der Waals surface area (Å²) >= 11 is 0. The zero-order chi connectivity index (χ0) is 12.3. The molecule has 1 saturated heterocycles. The SMILES string of the molecule is O=[N+]([O-])c1ccc[nH+]c1N1CCC[C@H](CO)C1. The molecule has 1 fully saturated rings. The number of anilines is 1. The lowest BCUT2D eigenvalue weighted by atomic mass is 9.99. The second-order valence-electron chi connectivity index (χ2n) is 4.30. The van der Waals surface area contributed by atoms with E-state index in [4.69, 9.17) is 5.11 Å². The zero-order valence-electron chi connectivity index (χ0n) is 9.50. The zero-order valence-corrected chi connectivity index (χ0v) is 9.50. The van der Waals surface area contributed by atoms with E-state index in [2.05, 4.69) is 4.98 Å². The number of pyridine rings is 1. The first-order valence-electron chi connectivity index (χ1n) is 5.73. The molecule has 0 radical (unpaired) electrons. The van der Waals surface area contributed by atoms with Gasteiger partial charge in [0.2, 0.25) is 0 Å². The first-order valence-corrected chi connectivity index (χ1v) is 5.73. The lowest BCUT2D eigenvalue weighted by Gasteiger charge is -2.26. The van der Waals surface area contributed by atoms with E-state index in [0.717, 1.165) is 19.4 Å². The number of rotatable bonds is 3. The lowest BCUT2D eigenvalue weighted by molar-refractivity contribution is -0.411. The second kappa shape index (κ2) is 5.09. The Bertz CT molecular complexity index is 411. The molecule has 2 N–H and O–H groups in total. The van der Waals surface area contributed by atoms with E-state index >= 15 is 0 Å². The Kier molecular flexibility index (Phi) is 3.53. The van der Waals surface area contributed by atoms with Crippen LogP contribution in [0.4, 0.5) is 11.5 Å². The summed E-state index contributed by atoms with van der Waals surface area (Å²) in [7, 11) is 0. The molecule has 2 rings (SSSR count). The summed E-state index contributed by atoms with van der Waals surface area (Å²) in [6.45, 7) is 1.59. The number of piperidine rings is 1. The molecule has 2 heterocycles. The van der Waals surface area contributed by atoms with Crippen molar-refractivity contribution in [2.45, 2.75) is 12.8 Å². The van der Waals surface area contributed by atoms with Crippen LogP contribution in [0.2, 0.25) is 0 Å². The summed E-state index contributed by atoms with van der Waals surface area (Å²) < 4.78 is 0. The fraction of sp³-hybridized carbons (Fsp3) is 0.545. The number of hydrogen-bond acceptors (Lipinski definition) is 4. The van der Waals surface area contributed by atoms with Crippen molar-refractivity contribution in [3.63, 3.8) is 0 Å². The second-order valence-corrected chi connectivity index (χ2v) is 4.30. The highest BCUT2D eigenvalue weighted by atomic mass is 16.6. The topological polar surface area (TPSA) is 80.8 Å². The molecule has 1 aliphatic heterocycles. The minimum Gasteiger partial charge on any atom is -0.396 e. The van der Waals surface area contributed by atoms with Gasteiger partial charge < -0.3 is 5.11 Å². The maximum absolute atomic E-state index is 10.9. The Hall–Kier alpha value is -1.69. The van der Waals surface area contributed by atoms with Crippen molar-refractivity contribution >= 4 is 11.5 Å². The Morgan fingerprint density at radius 2 is 2.47 bits per heavy atom. The smallest absolute Gasteiger partial charge is 0.357 e. The molecule has 1 aromatic rings. The van der Waals surface area contributed by atoms with Crippen molar-refractivity contribution < 1.29 is 15.0 Å². The average molecular weight is 238 g/mol. The number of nitro groups is 1. The van der Waals surface area contributed by atoms with Crippen molar-refractivity contribution in [3.8, 4) is 0 Å². The fourth-order valence-electron chi connectivity index (χ4n) is 2.24. The van der Waals surface area contributed by atoms with Crippen LogP contribution in [-0.2, 0) is 0 Å². The standard InChI is InChI=1S/C11H15N3O3/c15-8-9-3-2-6-13(7-9)11-10(14(16)17)4-1-5-12-11/h1,4-5,9,15H,2-3,6-8H2/p+1/t9-/m0/s1. The van der Waals surface area contributed by atoms with Gasteiger partial charge in [0.15, 0.2) is 0 Å². The molecule has 92 valence electrons. The molecule has 0 spiro atoms. The Morgan fingerprint density at radius 1 is 1.65 bits per heavy atom. The molecule has 0 unspecified atom stereocenters. The molecule has 0 bridgehead atoms. The molecular formula is C11H16N3O3+. The van der Waals surface area contributed by atoms with Gasteiger partial charge in [-0.2, -0.15) is 0 Å². The number of hydrogen-bond donors (Lipinski definition) is 1. The summed E-state index contributed by atoms with van der Waals surface area (Å²) in [5.74, 6) is 0.743. The molecule has 1 aromatic heterocycles. The van der Waals surface area contributed by atoms with Crippen LogP contribution in [0.1, 0.15) is 12.8 Å². The highest BCUT2D eigenvalue weighted by Crippen LogP contribution is 2.26. The van der Waals surface area contributed by atoms with Crippen LogP contribution in [0, 0.1) is 16.0 Å². The van der Waals surface area contributed by atoms with Gasteiger partial charge >= 0.3 is 11.5 Å². The first-order chi connectivity index (χ1) is 8.22. The predicted molar refractivity (Wildman–Crippen MR) is 61.7 cm³/mol. The van der Waals surface area contributed by atoms with Gasteiger partial charge in [0.1, 0.15) is 0 Å². The lowest BCUT2D eigenvalue weighted by Crippen LogP contribution is -2.40. The minimum absolute atomic E-state index is 0.0890. The number of aliphatic hydroxyl groups is 1. The van der Waals surface area contributed by atoms with Crippen LogP contribution in [0.5, 0.6) is 0 Å². The molecule has 17 heavy (non-hydrogen) atoms. The Balaban J connectivity index is 2.24. The number of nitrogens with one attached hydrogen (secondary N) is 1. The summed E-state index contributed by atoms with van der Waals surface area (Å²) in [6, 6.07) is 3.11. The molecule has 0 saturated carbocycles. The van der Waals surface area contributed by atoms with Gasteiger partial charge in [-0.25, -0.2) is 4.98 Å². The molecule has 6 nitrogen and oxygen atoms in total. The van der Waals surface area contributed by atoms with Gasteiger partial charge in [-0.1, -0.05) is 0 Å². The van der Waals surface area contributed by atoms with Gasteiger partial charge in [-0.15, -0.1) is 0 Å². The van der Waals surface area contributed by atoms with Crippen molar-refractivity contribution in [3.05, 3.63) is 28.4 Å². The van der Waals surface area contributed by atoms with E-state index in [1.165, 1.54) is 6.07 Å². The Morgan fingerprint density at radius 3 is 3.18 bits per heavy atom. The van der Waals surface area contributed by atoms with Crippen LogP contribution >= 0.6 is 0 Å².